The summed E-state index contributed by atoms with van der Waals surface area (Å²) in [5.74, 6) is 1.35. The number of aliphatic hydroxyl groups is 1. The number of rotatable bonds is 0. The van der Waals surface area contributed by atoms with Crippen LogP contribution in [-0.4, -0.2) is 11.2 Å². The molecule has 2 aliphatic carbocycles. The summed E-state index contributed by atoms with van der Waals surface area (Å²) in [6.45, 7) is 2.11. The van der Waals surface area contributed by atoms with Crippen molar-refractivity contribution < 1.29 is 5.11 Å². The molecule has 3 unspecified atom stereocenters. The lowest BCUT2D eigenvalue weighted by Gasteiger charge is -2.17. The van der Waals surface area contributed by atoms with Crippen molar-refractivity contribution >= 4 is 0 Å². The van der Waals surface area contributed by atoms with E-state index in [2.05, 4.69) is 13.0 Å². The highest BCUT2D eigenvalue weighted by Gasteiger charge is 2.41. The topological polar surface area (TPSA) is 20.2 Å². The lowest BCUT2D eigenvalue weighted by atomic mass is 9.93. The number of fused-ring (bicyclic) bond motifs is 2. The maximum Gasteiger partial charge on any atom is 0.0577 e. The van der Waals surface area contributed by atoms with Crippen molar-refractivity contribution in [3.63, 3.8) is 0 Å². The molecular formula is C9H14O. The average Bonchev–Trinajstić information content (AvgIpc) is 2.44. The lowest BCUT2D eigenvalue weighted by molar-refractivity contribution is 0.124. The summed E-state index contributed by atoms with van der Waals surface area (Å²) in [7, 11) is 0. The van der Waals surface area contributed by atoms with Crippen molar-refractivity contribution in [2.75, 3.05) is 0 Å². The van der Waals surface area contributed by atoms with Gasteiger partial charge in [-0.25, -0.2) is 0 Å². The highest BCUT2D eigenvalue weighted by atomic mass is 16.3. The Morgan fingerprint density at radius 1 is 1.50 bits per heavy atom. The molecule has 0 aromatic rings. The van der Waals surface area contributed by atoms with Crippen LogP contribution in [-0.2, 0) is 0 Å². The van der Waals surface area contributed by atoms with Gasteiger partial charge < -0.3 is 5.11 Å². The van der Waals surface area contributed by atoms with Crippen LogP contribution in [0.3, 0.4) is 0 Å². The molecule has 0 aromatic carbocycles. The second-order valence-electron chi connectivity index (χ2n) is 3.56. The second-order valence-corrected chi connectivity index (χ2v) is 3.56. The van der Waals surface area contributed by atoms with E-state index in [1.165, 1.54) is 12.8 Å². The lowest BCUT2D eigenvalue weighted by Crippen LogP contribution is -2.16. The standard InChI is InChI=1S/C9H14O/c1-2-6-3-8-4-7(6)5-9(8)10/h2,7-10H,3-5H2,1H3. The molecule has 3 atom stereocenters. The van der Waals surface area contributed by atoms with Gasteiger partial charge in [0.2, 0.25) is 0 Å². The van der Waals surface area contributed by atoms with E-state index in [-0.39, 0.29) is 6.10 Å². The van der Waals surface area contributed by atoms with Crippen LogP contribution >= 0.6 is 0 Å². The van der Waals surface area contributed by atoms with E-state index >= 15 is 0 Å². The number of hydrogen-bond acceptors (Lipinski definition) is 1. The van der Waals surface area contributed by atoms with Crippen molar-refractivity contribution in [3.8, 4) is 0 Å². The van der Waals surface area contributed by atoms with Gasteiger partial charge in [0.1, 0.15) is 0 Å². The summed E-state index contributed by atoms with van der Waals surface area (Å²) < 4.78 is 0. The molecule has 2 rings (SSSR count). The van der Waals surface area contributed by atoms with Crippen molar-refractivity contribution in [2.24, 2.45) is 11.8 Å². The molecule has 0 aliphatic heterocycles. The quantitative estimate of drug-likeness (QED) is 0.505. The Labute approximate surface area is 61.8 Å². The second kappa shape index (κ2) is 2.09. The van der Waals surface area contributed by atoms with Gasteiger partial charge in [-0.1, -0.05) is 11.6 Å². The average molecular weight is 138 g/mol. The molecule has 0 heterocycles. The van der Waals surface area contributed by atoms with E-state index in [1.807, 2.05) is 0 Å². The summed E-state index contributed by atoms with van der Waals surface area (Å²) >= 11 is 0. The van der Waals surface area contributed by atoms with E-state index < -0.39 is 0 Å². The van der Waals surface area contributed by atoms with Crippen LogP contribution < -0.4 is 0 Å². The molecule has 0 aromatic heterocycles. The van der Waals surface area contributed by atoms with Crippen LogP contribution in [0.4, 0.5) is 0 Å². The largest absolute Gasteiger partial charge is 0.393 e. The third-order valence-corrected chi connectivity index (χ3v) is 3.05. The molecule has 1 N–H and O–H groups in total. The highest BCUT2D eigenvalue weighted by Crippen LogP contribution is 2.47. The van der Waals surface area contributed by atoms with Gasteiger partial charge in [-0.05, 0) is 38.0 Å². The van der Waals surface area contributed by atoms with Crippen LogP contribution in [0, 0.1) is 11.8 Å². The number of aliphatic hydroxyl groups excluding tert-OH is 1. The normalized spacial score (nSPS) is 49.0. The Morgan fingerprint density at radius 2 is 2.30 bits per heavy atom. The molecule has 0 saturated heterocycles. The molecule has 56 valence electrons. The SMILES string of the molecule is CC=C1CC2CC1CC2O. The maximum atomic E-state index is 9.41. The molecule has 0 radical (unpaired) electrons. The first-order valence-electron chi connectivity index (χ1n) is 4.14. The van der Waals surface area contributed by atoms with Gasteiger partial charge in [-0.3, -0.25) is 0 Å². The molecule has 1 heteroatoms. The van der Waals surface area contributed by atoms with E-state index in [9.17, 15) is 5.11 Å². The Kier molecular flexibility index (Phi) is 1.34. The van der Waals surface area contributed by atoms with Crippen LogP contribution in [0.1, 0.15) is 26.2 Å². The molecule has 2 saturated carbocycles. The van der Waals surface area contributed by atoms with Gasteiger partial charge in [0.05, 0.1) is 6.10 Å². The monoisotopic (exact) mass is 138 g/mol. The predicted molar refractivity (Wildman–Crippen MR) is 40.6 cm³/mol. The van der Waals surface area contributed by atoms with E-state index in [0.717, 1.165) is 12.3 Å². The van der Waals surface area contributed by atoms with Crippen LogP contribution in [0.5, 0.6) is 0 Å². The Hall–Kier alpha value is -0.300. The zero-order valence-corrected chi connectivity index (χ0v) is 6.38. The fourth-order valence-electron chi connectivity index (χ4n) is 2.45. The third kappa shape index (κ3) is 0.734. The fraction of sp³-hybridized carbons (Fsp3) is 0.778. The van der Waals surface area contributed by atoms with Crippen molar-refractivity contribution in [1.29, 1.82) is 0 Å². The molecular weight excluding hydrogens is 124 g/mol. The minimum absolute atomic E-state index is 0.0219. The minimum Gasteiger partial charge on any atom is -0.393 e. The first-order chi connectivity index (χ1) is 4.81. The molecule has 0 spiro atoms. The zero-order valence-electron chi connectivity index (χ0n) is 6.38. The molecule has 0 amide bonds. The predicted octanol–water partition coefficient (Wildman–Crippen LogP) is 1.72. The van der Waals surface area contributed by atoms with E-state index in [0.29, 0.717) is 5.92 Å². The first kappa shape index (κ1) is 6.41. The van der Waals surface area contributed by atoms with Gasteiger partial charge >= 0.3 is 0 Å². The smallest absolute Gasteiger partial charge is 0.0577 e. The molecule has 10 heavy (non-hydrogen) atoms. The Bertz CT molecular complexity index is 170. The van der Waals surface area contributed by atoms with Crippen LogP contribution in [0.25, 0.3) is 0 Å². The first-order valence-corrected chi connectivity index (χ1v) is 4.14. The zero-order chi connectivity index (χ0) is 7.14. The van der Waals surface area contributed by atoms with Gasteiger partial charge in [0.15, 0.2) is 0 Å². The Balaban J connectivity index is 2.16. The van der Waals surface area contributed by atoms with Gasteiger partial charge in [-0.2, -0.15) is 0 Å². The molecule has 2 aliphatic rings. The maximum absolute atomic E-state index is 9.41. The highest BCUT2D eigenvalue weighted by molar-refractivity contribution is 5.17. The Morgan fingerprint density at radius 3 is 2.70 bits per heavy atom. The number of allylic oxidation sites excluding steroid dienone is 2. The summed E-state index contributed by atoms with van der Waals surface area (Å²) in [6.07, 6.45) is 5.71. The van der Waals surface area contributed by atoms with Crippen molar-refractivity contribution in [2.45, 2.75) is 32.3 Å². The van der Waals surface area contributed by atoms with Crippen molar-refractivity contribution in [1.82, 2.24) is 0 Å². The van der Waals surface area contributed by atoms with Gasteiger partial charge in [-0.15, -0.1) is 0 Å². The molecule has 2 bridgehead atoms. The summed E-state index contributed by atoms with van der Waals surface area (Å²) in [6, 6.07) is 0. The van der Waals surface area contributed by atoms with E-state index in [1.54, 1.807) is 5.57 Å². The van der Waals surface area contributed by atoms with E-state index in [4.69, 9.17) is 0 Å². The minimum atomic E-state index is 0.0219. The summed E-state index contributed by atoms with van der Waals surface area (Å²) in [5, 5.41) is 9.41. The van der Waals surface area contributed by atoms with Crippen LogP contribution in [0.2, 0.25) is 0 Å². The summed E-state index contributed by atoms with van der Waals surface area (Å²) in [4.78, 5) is 0. The van der Waals surface area contributed by atoms with Crippen LogP contribution in [0.15, 0.2) is 11.6 Å². The third-order valence-electron chi connectivity index (χ3n) is 3.05. The van der Waals surface area contributed by atoms with Crippen molar-refractivity contribution in [3.05, 3.63) is 11.6 Å². The fourth-order valence-corrected chi connectivity index (χ4v) is 2.45. The molecule has 1 nitrogen and oxygen atoms in total. The number of hydrogen-bond donors (Lipinski definition) is 1. The summed E-state index contributed by atoms with van der Waals surface area (Å²) in [5.41, 5.74) is 1.59. The molecule has 2 fully saturated rings. The van der Waals surface area contributed by atoms with Gasteiger partial charge in [0, 0.05) is 0 Å². The van der Waals surface area contributed by atoms with Gasteiger partial charge in [0.25, 0.3) is 0 Å².